The number of rotatable bonds is 6. The molecule has 0 aromatic carbocycles. The summed E-state index contributed by atoms with van der Waals surface area (Å²) in [5.41, 5.74) is 1.99. The first-order valence-electron chi connectivity index (χ1n) is 5.75. The Kier molecular flexibility index (Phi) is 5.05. The van der Waals surface area contributed by atoms with E-state index in [1.54, 1.807) is 19.3 Å². The minimum Gasteiger partial charge on any atom is -0.393 e. The molecule has 4 nitrogen and oxygen atoms in total. The van der Waals surface area contributed by atoms with Gasteiger partial charge >= 0.3 is 0 Å². The number of hydrogen-bond acceptors (Lipinski definition) is 4. The van der Waals surface area contributed by atoms with E-state index < -0.39 is 0 Å². The van der Waals surface area contributed by atoms with Crippen molar-refractivity contribution in [1.29, 1.82) is 0 Å². The van der Waals surface area contributed by atoms with Gasteiger partial charge in [-0.15, -0.1) is 0 Å². The van der Waals surface area contributed by atoms with Crippen molar-refractivity contribution in [2.75, 3.05) is 17.2 Å². The molecule has 0 bridgehead atoms. The van der Waals surface area contributed by atoms with E-state index in [2.05, 4.69) is 22.5 Å². The second-order valence-electron chi connectivity index (χ2n) is 4.12. The SMILES string of the molecule is CCNc1cncc(NC(C)CC(C)O)c1. The van der Waals surface area contributed by atoms with Crippen LogP contribution in [-0.4, -0.2) is 28.8 Å². The zero-order valence-electron chi connectivity index (χ0n) is 10.2. The van der Waals surface area contributed by atoms with Crippen molar-refractivity contribution in [3.63, 3.8) is 0 Å². The van der Waals surface area contributed by atoms with Crippen LogP contribution in [0.5, 0.6) is 0 Å². The normalized spacial score (nSPS) is 14.2. The number of hydrogen-bond donors (Lipinski definition) is 3. The molecule has 1 aromatic rings. The molecule has 0 spiro atoms. The number of anilines is 2. The Labute approximate surface area is 97.1 Å². The minimum absolute atomic E-state index is 0.235. The Morgan fingerprint density at radius 3 is 2.62 bits per heavy atom. The molecule has 3 N–H and O–H groups in total. The van der Waals surface area contributed by atoms with E-state index in [0.717, 1.165) is 24.3 Å². The van der Waals surface area contributed by atoms with Crippen LogP contribution in [0.3, 0.4) is 0 Å². The number of aliphatic hydroxyl groups is 1. The van der Waals surface area contributed by atoms with Gasteiger partial charge in [0.2, 0.25) is 0 Å². The quantitative estimate of drug-likeness (QED) is 0.691. The van der Waals surface area contributed by atoms with Crippen LogP contribution in [-0.2, 0) is 0 Å². The van der Waals surface area contributed by atoms with E-state index in [0.29, 0.717) is 0 Å². The number of nitrogens with one attached hydrogen (secondary N) is 2. The van der Waals surface area contributed by atoms with Gasteiger partial charge < -0.3 is 15.7 Å². The molecule has 0 aliphatic heterocycles. The van der Waals surface area contributed by atoms with Crippen LogP contribution >= 0.6 is 0 Å². The highest BCUT2D eigenvalue weighted by molar-refractivity contribution is 5.54. The van der Waals surface area contributed by atoms with E-state index in [9.17, 15) is 5.11 Å². The fraction of sp³-hybridized carbons (Fsp3) is 0.583. The molecule has 1 aromatic heterocycles. The molecule has 2 atom stereocenters. The van der Waals surface area contributed by atoms with Crippen LogP contribution in [0.2, 0.25) is 0 Å². The summed E-state index contributed by atoms with van der Waals surface area (Å²) < 4.78 is 0. The lowest BCUT2D eigenvalue weighted by molar-refractivity contribution is 0.179. The third kappa shape index (κ3) is 4.49. The molecule has 0 radical (unpaired) electrons. The van der Waals surface area contributed by atoms with Crippen molar-refractivity contribution in [2.45, 2.75) is 39.3 Å². The van der Waals surface area contributed by atoms with Crippen LogP contribution in [0.4, 0.5) is 11.4 Å². The van der Waals surface area contributed by atoms with Crippen LogP contribution in [0, 0.1) is 0 Å². The summed E-state index contributed by atoms with van der Waals surface area (Å²) in [4.78, 5) is 4.15. The summed E-state index contributed by atoms with van der Waals surface area (Å²) >= 11 is 0. The molecule has 2 unspecified atom stereocenters. The Morgan fingerprint density at radius 1 is 1.31 bits per heavy atom. The van der Waals surface area contributed by atoms with Crippen molar-refractivity contribution >= 4 is 11.4 Å². The fourth-order valence-corrected chi connectivity index (χ4v) is 1.67. The Balaban J connectivity index is 2.55. The maximum atomic E-state index is 9.27. The summed E-state index contributed by atoms with van der Waals surface area (Å²) in [5, 5.41) is 15.8. The molecule has 16 heavy (non-hydrogen) atoms. The molecule has 0 saturated heterocycles. The minimum atomic E-state index is -0.285. The lowest BCUT2D eigenvalue weighted by Crippen LogP contribution is -2.20. The fourth-order valence-electron chi connectivity index (χ4n) is 1.67. The van der Waals surface area contributed by atoms with Gasteiger partial charge in [0.15, 0.2) is 0 Å². The van der Waals surface area contributed by atoms with Gasteiger partial charge in [0.25, 0.3) is 0 Å². The second kappa shape index (κ2) is 6.33. The highest BCUT2D eigenvalue weighted by Gasteiger charge is 2.06. The number of nitrogens with zero attached hydrogens (tertiary/aromatic N) is 1. The largest absolute Gasteiger partial charge is 0.393 e. The molecular weight excluding hydrogens is 202 g/mol. The maximum Gasteiger partial charge on any atom is 0.0549 e. The van der Waals surface area contributed by atoms with Crippen LogP contribution in [0.15, 0.2) is 18.5 Å². The molecule has 0 saturated carbocycles. The monoisotopic (exact) mass is 223 g/mol. The first-order valence-corrected chi connectivity index (χ1v) is 5.75. The van der Waals surface area contributed by atoms with Gasteiger partial charge in [0, 0.05) is 12.6 Å². The summed E-state index contributed by atoms with van der Waals surface area (Å²) in [5.74, 6) is 0. The third-order valence-corrected chi connectivity index (χ3v) is 2.23. The Bertz CT molecular complexity index is 315. The summed E-state index contributed by atoms with van der Waals surface area (Å²) in [6, 6.07) is 2.26. The Morgan fingerprint density at radius 2 is 2.00 bits per heavy atom. The van der Waals surface area contributed by atoms with Crippen molar-refractivity contribution in [1.82, 2.24) is 4.98 Å². The van der Waals surface area contributed by atoms with E-state index in [4.69, 9.17) is 0 Å². The van der Waals surface area contributed by atoms with Gasteiger partial charge in [0.05, 0.1) is 29.9 Å². The average Bonchev–Trinajstić information content (AvgIpc) is 2.17. The molecule has 0 amide bonds. The summed E-state index contributed by atoms with van der Waals surface area (Å²) in [7, 11) is 0. The van der Waals surface area contributed by atoms with Gasteiger partial charge in [0.1, 0.15) is 0 Å². The van der Waals surface area contributed by atoms with Crippen molar-refractivity contribution in [2.24, 2.45) is 0 Å². The van der Waals surface area contributed by atoms with E-state index in [-0.39, 0.29) is 12.1 Å². The molecule has 90 valence electrons. The first-order chi connectivity index (χ1) is 7.61. The predicted octanol–water partition coefficient (Wildman–Crippen LogP) is 2.08. The predicted molar refractivity (Wildman–Crippen MR) is 67.8 cm³/mol. The zero-order chi connectivity index (χ0) is 12.0. The maximum absolute atomic E-state index is 9.27. The highest BCUT2D eigenvalue weighted by Crippen LogP contribution is 2.14. The summed E-state index contributed by atoms with van der Waals surface area (Å²) in [6.45, 7) is 6.78. The van der Waals surface area contributed by atoms with E-state index in [1.807, 2.05) is 13.0 Å². The van der Waals surface area contributed by atoms with Gasteiger partial charge in [-0.2, -0.15) is 0 Å². The molecule has 1 rings (SSSR count). The second-order valence-corrected chi connectivity index (χ2v) is 4.12. The van der Waals surface area contributed by atoms with Gasteiger partial charge in [-0.3, -0.25) is 4.98 Å². The van der Waals surface area contributed by atoms with Gasteiger partial charge in [-0.05, 0) is 33.3 Å². The van der Waals surface area contributed by atoms with E-state index >= 15 is 0 Å². The topological polar surface area (TPSA) is 57.2 Å². The molecular formula is C12H21N3O. The zero-order valence-corrected chi connectivity index (χ0v) is 10.2. The van der Waals surface area contributed by atoms with E-state index in [1.165, 1.54) is 0 Å². The third-order valence-electron chi connectivity index (χ3n) is 2.23. The summed E-state index contributed by atoms with van der Waals surface area (Å²) in [6.07, 6.45) is 4.03. The van der Waals surface area contributed by atoms with Gasteiger partial charge in [-0.25, -0.2) is 0 Å². The van der Waals surface area contributed by atoms with Gasteiger partial charge in [-0.1, -0.05) is 0 Å². The van der Waals surface area contributed by atoms with Crippen molar-refractivity contribution in [3.8, 4) is 0 Å². The lowest BCUT2D eigenvalue weighted by Gasteiger charge is -2.17. The first kappa shape index (κ1) is 12.8. The molecule has 0 aliphatic rings. The standard InChI is InChI=1S/C12H21N3O/c1-4-14-11-6-12(8-13-7-11)15-9(2)5-10(3)16/h6-10,14-16H,4-5H2,1-3H3. The smallest absolute Gasteiger partial charge is 0.0549 e. The lowest BCUT2D eigenvalue weighted by atomic mass is 10.1. The molecule has 4 heteroatoms. The number of aromatic nitrogens is 1. The molecule has 1 heterocycles. The highest BCUT2D eigenvalue weighted by atomic mass is 16.3. The number of aliphatic hydroxyl groups excluding tert-OH is 1. The molecule has 0 fully saturated rings. The van der Waals surface area contributed by atoms with Crippen molar-refractivity contribution in [3.05, 3.63) is 18.5 Å². The number of pyridine rings is 1. The van der Waals surface area contributed by atoms with Crippen LogP contribution < -0.4 is 10.6 Å². The van der Waals surface area contributed by atoms with Crippen LogP contribution in [0.1, 0.15) is 27.2 Å². The van der Waals surface area contributed by atoms with Crippen molar-refractivity contribution < 1.29 is 5.11 Å². The Hall–Kier alpha value is -1.29. The van der Waals surface area contributed by atoms with Crippen LogP contribution in [0.25, 0.3) is 0 Å². The average molecular weight is 223 g/mol. The molecule has 0 aliphatic carbocycles.